The summed E-state index contributed by atoms with van der Waals surface area (Å²) in [6, 6.07) is 4.26. The first-order chi connectivity index (χ1) is 8.38. The summed E-state index contributed by atoms with van der Waals surface area (Å²) in [6.07, 6.45) is 1.76. The van der Waals surface area contributed by atoms with Gasteiger partial charge in [-0.25, -0.2) is 9.97 Å². The maximum Gasteiger partial charge on any atom is 0.177 e. The molecule has 2 atom stereocenters. The van der Waals surface area contributed by atoms with Gasteiger partial charge in [-0.1, -0.05) is 6.92 Å². The third-order valence-corrected chi connectivity index (χ3v) is 3.17. The number of likely N-dealkylation sites (N-methyl/N-ethyl adjacent to an activating group) is 1. The Bertz CT molecular complexity index is 477. The lowest BCUT2D eigenvalue weighted by Crippen LogP contribution is -2.34. The summed E-state index contributed by atoms with van der Waals surface area (Å²) in [5.74, 6) is 1.27. The topological polar surface area (TPSA) is 62.8 Å². The largest absolute Gasteiger partial charge is 0.379 e. The van der Waals surface area contributed by atoms with E-state index >= 15 is 0 Å². The van der Waals surface area contributed by atoms with Crippen molar-refractivity contribution in [2.45, 2.75) is 18.9 Å². The Kier molecular flexibility index (Phi) is 2.78. The van der Waals surface area contributed by atoms with Gasteiger partial charge in [0.1, 0.15) is 5.82 Å². The molecule has 0 amide bonds. The summed E-state index contributed by atoms with van der Waals surface area (Å²) in [5.41, 5.74) is 1.77. The van der Waals surface area contributed by atoms with Crippen LogP contribution in [-0.2, 0) is 4.74 Å². The lowest BCUT2D eigenvalue weighted by atomic mass is 10.0. The molecule has 5 heteroatoms. The second-order valence-corrected chi connectivity index (χ2v) is 4.30. The smallest absolute Gasteiger partial charge is 0.177 e. The fourth-order valence-corrected chi connectivity index (χ4v) is 2.33. The van der Waals surface area contributed by atoms with E-state index in [1.54, 1.807) is 6.20 Å². The Balaban J connectivity index is 1.92. The van der Waals surface area contributed by atoms with Crippen molar-refractivity contribution < 1.29 is 4.74 Å². The number of nitrogens with one attached hydrogen (secondary N) is 2. The normalized spacial score (nSPS) is 24.5. The van der Waals surface area contributed by atoms with Crippen LogP contribution in [-0.4, -0.2) is 40.8 Å². The van der Waals surface area contributed by atoms with E-state index in [1.165, 1.54) is 0 Å². The summed E-state index contributed by atoms with van der Waals surface area (Å²) in [7, 11) is 0. The molecule has 0 aliphatic carbocycles. The van der Waals surface area contributed by atoms with Crippen LogP contribution in [0.15, 0.2) is 18.3 Å². The molecule has 2 unspecified atom stereocenters. The van der Waals surface area contributed by atoms with E-state index in [9.17, 15) is 0 Å². The number of ether oxygens (including phenoxy) is 1. The molecule has 1 saturated heterocycles. The number of aromatic nitrogens is 3. The minimum atomic E-state index is 0.296. The van der Waals surface area contributed by atoms with Crippen LogP contribution < -0.4 is 5.32 Å². The molecule has 1 aliphatic heterocycles. The van der Waals surface area contributed by atoms with E-state index < -0.39 is 0 Å². The van der Waals surface area contributed by atoms with Crippen LogP contribution in [0.1, 0.15) is 18.7 Å². The molecule has 0 radical (unpaired) electrons. The van der Waals surface area contributed by atoms with Gasteiger partial charge in [0, 0.05) is 12.2 Å². The highest BCUT2D eigenvalue weighted by Crippen LogP contribution is 2.24. The fourth-order valence-electron chi connectivity index (χ4n) is 2.33. The van der Waals surface area contributed by atoms with E-state index in [0.29, 0.717) is 12.0 Å². The number of hydrogen-bond acceptors (Lipinski definition) is 4. The van der Waals surface area contributed by atoms with Gasteiger partial charge in [-0.2, -0.15) is 0 Å². The zero-order chi connectivity index (χ0) is 11.7. The molecule has 2 N–H and O–H groups in total. The summed E-state index contributed by atoms with van der Waals surface area (Å²) >= 11 is 0. The highest BCUT2D eigenvalue weighted by Gasteiger charge is 2.31. The lowest BCUT2D eigenvalue weighted by Gasteiger charge is -2.15. The Morgan fingerprint density at radius 2 is 2.47 bits per heavy atom. The van der Waals surface area contributed by atoms with Gasteiger partial charge >= 0.3 is 0 Å². The number of H-pyrrole nitrogens is 1. The highest BCUT2D eigenvalue weighted by molar-refractivity contribution is 5.70. The van der Waals surface area contributed by atoms with Crippen LogP contribution in [0.5, 0.6) is 0 Å². The molecule has 0 bridgehead atoms. The van der Waals surface area contributed by atoms with Gasteiger partial charge in [-0.05, 0) is 18.7 Å². The van der Waals surface area contributed by atoms with Gasteiger partial charge in [0.15, 0.2) is 5.65 Å². The molecular weight excluding hydrogens is 216 g/mol. The van der Waals surface area contributed by atoms with Crippen LogP contribution in [0.4, 0.5) is 0 Å². The minimum absolute atomic E-state index is 0.296. The van der Waals surface area contributed by atoms with Gasteiger partial charge in [0.2, 0.25) is 0 Å². The van der Waals surface area contributed by atoms with Gasteiger partial charge in [-0.3, -0.25) is 0 Å². The monoisotopic (exact) mass is 232 g/mol. The molecule has 1 fully saturated rings. The predicted molar refractivity (Wildman–Crippen MR) is 64.9 cm³/mol. The minimum Gasteiger partial charge on any atom is -0.379 e. The molecule has 0 aromatic carbocycles. The Labute approximate surface area is 99.6 Å². The molecule has 2 aromatic heterocycles. The van der Waals surface area contributed by atoms with E-state index in [2.05, 4.69) is 27.2 Å². The molecule has 1 aliphatic rings. The number of nitrogens with zero attached hydrogens (tertiary/aromatic N) is 2. The molecule has 3 rings (SSSR count). The van der Waals surface area contributed by atoms with Crippen LogP contribution >= 0.6 is 0 Å². The zero-order valence-electron chi connectivity index (χ0n) is 9.81. The van der Waals surface area contributed by atoms with E-state index in [0.717, 1.165) is 36.7 Å². The van der Waals surface area contributed by atoms with Crippen molar-refractivity contribution in [1.29, 1.82) is 0 Å². The average Bonchev–Trinajstić information content (AvgIpc) is 2.94. The van der Waals surface area contributed by atoms with Gasteiger partial charge < -0.3 is 15.0 Å². The van der Waals surface area contributed by atoms with Crippen molar-refractivity contribution in [3.05, 3.63) is 24.2 Å². The van der Waals surface area contributed by atoms with Crippen molar-refractivity contribution in [3.63, 3.8) is 0 Å². The number of pyridine rings is 1. The van der Waals surface area contributed by atoms with Crippen molar-refractivity contribution in [3.8, 4) is 0 Å². The highest BCUT2D eigenvalue weighted by atomic mass is 16.5. The Hall–Kier alpha value is -1.46. The first-order valence-corrected chi connectivity index (χ1v) is 6.00. The number of hydrogen-bond donors (Lipinski definition) is 2. The molecule has 5 nitrogen and oxygen atoms in total. The van der Waals surface area contributed by atoms with Crippen LogP contribution in [0.3, 0.4) is 0 Å². The predicted octanol–water partition coefficient (Wildman–Crippen LogP) is 1.05. The molecule has 0 saturated carbocycles. The van der Waals surface area contributed by atoms with Gasteiger partial charge in [0.25, 0.3) is 0 Å². The molecule has 17 heavy (non-hydrogen) atoms. The Morgan fingerprint density at radius 1 is 1.53 bits per heavy atom. The number of imidazole rings is 1. The maximum absolute atomic E-state index is 5.53. The summed E-state index contributed by atoms with van der Waals surface area (Å²) in [6.45, 7) is 4.53. The van der Waals surface area contributed by atoms with Crippen LogP contribution in [0.25, 0.3) is 11.2 Å². The summed E-state index contributed by atoms with van der Waals surface area (Å²) in [5, 5.41) is 3.43. The zero-order valence-corrected chi connectivity index (χ0v) is 9.81. The molecular formula is C12H16N4O. The fraction of sp³-hybridized carbons (Fsp3) is 0.500. The van der Waals surface area contributed by atoms with Crippen LogP contribution in [0, 0.1) is 0 Å². The van der Waals surface area contributed by atoms with E-state index in [-0.39, 0.29) is 0 Å². The number of rotatable bonds is 3. The standard InChI is InChI=1S/C12H16N4O/c1-2-13-10-7-17-6-8(10)11-15-9-4-3-5-14-12(9)16-11/h3-5,8,10,13H,2,6-7H2,1H3,(H,14,15,16). The summed E-state index contributed by atoms with van der Waals surface area (Å²) < 4.78 is 5.53. The maximum atomic E-state index is 5.53. The number of aromatic amines is 1. The molecule has 90 valence electrons. The van der Waals surface area contributed by atoms with E-state index in [4.69, 9.17) is 4.74 Å². The first kappa shape index (κ1) is 10.7. The van der Waals surface area contributed by atoms with Crippen molar-refractivity contribution in [2.24, 2.45) is 0 Å². The third kappa shape index (κ3) is 1.92. The quantitative estimate of drug-likeness (QED) is 0.830. The average molecular weight is 232 g/mol. The molecule has 0 spiro atoms. The third-order valence-electron chi connectivity index (χ3n) is 3.17. The SMILES string of the molecule is CCNC1COCC1c1nc2ncccc2[nH]1. The second-order valence-electron chi connectivity index (χ2n) is 4.30. The van der Waals surface area contributed by atoms with Crippen LogP contribution in [0.2, 0.25) is 0 Å². The molecule has 3 heterocycles. The molecule has 2 aromatic rings. The van der Waals surface area contributed by atoms with E-state index in [1.807, 2.05) is 12.1 Å². The first-order valence-electron chi connectivity index (χ1n) is 6.00. The van der Waals surface area contributed by atoms with Gasteiger partial charge in [-0.15, -0.1) is 0 Å². The summed E-state index contributed by atoms with van der Waals surface area (Å²) in [4.78, 5) is 12.1. The lowest BCUT2D eigenvalue weighted by molar-refractivity contribution is 0.187. The van der Waals surface area contributed by atoms with Crippen molar-refractivity contribution in [1.82, 2.24) is 20.3 Å². The second kappa shape index (κ2) is 4.43. The van der Waals surface area contributed by atoms with Crippen molar-refractivity contribution in [2.75, 3.05) is 19.8 Å². The Morgan fingerprint density at radius 3 is 3.29 bits per heavy atom. The van der Waals surface area contributed by atoms with Gasteiger partial charge in [0.05, 0.1) is 24.6 Å². The number of fused-ring (bicyclic) bond motifs is 1. The van der Waals surface area contributed by atoms with Crippen molar-refractivity contribution >= 4 is 11.2 Å².